The Morgan fingerprint density at radius 1 is 1.32 bits per heavy atom. The fraction of sp³-hybridized carbons (Fsp3) is 0.500. The molecule has 0 radical (unpaired) electrons. The number of hydrogen-bond donors (Lipinski definition) is 2. The summed E-state index contributed by atoms with van der Waals surface area (Å²) >= 11 is 0. The van der Waals surface area contributed by atoms with Crippen molar-refractivity contribution < 1.29 is 13.6 Å². The predicted octanol–water partition coefficient (Wildman–Crippen LogP) is 2.22. The fourth-order valence-electron chi connectivity index (χ4n) is 1.52. The van der Waals surface area contributed by atoms with Crippen LogP contribution in [-0.4, -0.2) is 19.0 Å². The quantitative estimate of drug-likeness (QED) is 0.746. The van der Waals surface area contributed by atoms with Crippen LogP contribution in [0.3, 0.4) is 0 Å². The second-order valence-corrected chi connectivity index (χ2v) is 4.84. The molecule has 0 saturated carbocycles. The Balaban J connectivity index is 2.24. The van der Waals surface area contributed by atoms with Gasteiger partial charge in [0.2, 0.25) is 5.91 Å². The third-order valence-electron chi connectivity index (χ3n) is 2.58. The minimum atomic E-state index is -0.853. The lowest BCUT2D eigenvalue weighted by molar-refractivity contribution is -0.121. The number of hydrogen-bond acceptors (Lipinski definition) is 2. The van der Waals surface area contributed by atoms with E-state index in [1.165, 1.54) is 12.1 Å². The lowest BCUT2D eigenvalue weighted by Gasteiger charge is -2.08. The maximum atomic E-state index is 13.3. The van der Waals surface area contributed by atoms with E-state index in [-0.39, 0.29) is 18.0 Å². The molecule has 0 aliphatic carbocycles. The van der Waals surface area contributed by atoms with Gasteiger partial charge in [-0.05, 0) is 12.0 Å². The summed E-state index contributed by atoms with van der Waals surface area (Å²) in [6, 6.07) is 4.06. The van der Waals surface area contributed by atoms with Gasteiger partial charge in [0, 0.05) is 31.6 Å². The van der Waals surface area contributed by atoms with Crippen molar-refractivity contribution in [3.05, 3.63) is 35.4 Å². The van der Waals surface area contributed by atoms with E-state index in [0.29, 0.717) is 25.4 Å². The zero-order valence-electron chi connectivity index (χ0n) is 11.3. The molecule has 1 amide bonds. The average Bonchev–Trinajstić information content (AvgIpc) is 2.37. The summed E-state index contributed by atoms with van der Waals surface area (Å²) in [6.45, 7) is 5.33. The van der Waals surface area contributed by atoms with Gasteiger partial charge in [0.15, 0.2) is 11.6 Å². The molecule has 19 heavy (non-hydrogen) atoms. The van der Waals surface area contributed by atoms with Gasteiger partial charge in [0.25, 0.3) is 0 Å². The van der Waals surface area contributed by atoms with Gasteiger partial charge in [-0.15, -0.1) is 0 Å². The summed E-state index contributed by atoms with van der Waals surface area (Å²) in [7, 11) is 0. The number of rotatable bonds is 7. The minimum absolute atomic E-state index is 0.0408. The Labute approximate surface area is 112 Å². The molecular weight excluding hydrogens is 250 g/mol. The van der Waals surface area contributed by atoms with Crippen LogP contribution in [0.4, 0.5) is 8.78 Å². The molecule has 0 heterocycles. The van der Waals surface area contributed by atoms with Crippen molar-refractivity contribution in [2.24, 2.45) is 5.92 Å². The van der Waals surface area contributed by atoms with Crippen LogP contribution in [0.5, 0.6) is 0 Å². The summed E-state index contributed by atoms with van der Waals surface area (Å²) in [6.07, 6.45) is 0.323. The van der Waals surface area contributed by atoms with Crippen LogP contribution in [0.2, 0.25) is 0 Å². The first kappa shape index (κ1) is 15.6. The Morgan fingerprint density at radius 3 is 2.74 bits per heavy atom. The Morgan fingerprint density at radius 2 is 2.05 bits per heavy atom. The SMILES string of the molecule is CC(C)CNC(=O)CCNCc1cccc(F)c1F. The highest BCUT2D eigenvalue weighted by molar-refractivity contribution is 5.76. The molecule has 0 saturated heterocycles. The van der Waals surface area contributed by atoms with Gasteiger partial charge in [-0.25, -0.2) is 8.78 Å². The largest absolute Gasteiger partial charge is 0.356 e. The second-order valence-electron chi connectivity index (χ2n) is 4.84. The summed E-state index contributed by atoms with van der Waals surface area (Å²) in [5.74, 6) is -1.31. The summed E-state index contributed by atoms with van der Waals surface area (Å²) in [5.41, 5.74) is 0.266. The summed E-state index contributed by atoms with van der Waals surface area (Å²) < 4.78 is 26.2. The van der Waals surface area contributed by atoms with Crippen molar-refractivity contribution in [2.75, 3.05) is 13.1 Å². The number of carbonyl (C=O) groups is 1. The van der Waals surface area contributed by atoms with Gasteiger partial charge < -0.3 is 10.6 Å². The van der Waals surface area contributed by atoms with Gasteiger partial charge >= 0.3 is 0 Å². The molecule has 0 aromatic heterocycles. The first-order chi connectivity index (χ1) is 9.00. The smallest absolute Gasteiger partial charge is 0.221 e. The topological polar surface area (TPSA) is 41.1 Å². The number of amides is 1. The standard InChI is InChI=1S/C14H20F2N2O/c1-10(2)8-18-13(19)6-7-17-9-11-4-3-5-12(15)14(11)16/h3-5,10,17H,6-9H2,1-2H3,(H,18,19). The van der Waals surface area contributed by atoms with Gasteiger partial charge in [0.05, 0.1) is 0 Å². The summed E-state index contributed by atoms with van der Waals surface area (Å²) in [4.78, 5) is 11.4. The molecule has 0 fully saturated rings. The highest BCUT2D eigenvalue weighted by Gasteiger charge is 2.07. The molecule has 1 aromatic carbocycles. The van der Waals surface area contributed by atoms with Crippen molar-refractivity contribution in [3.8, 4) is 0 Å². The van der Waals surface area contributed by atoms with Crippen LogP contribution in [-0.2, 0) is 11.3 Å². The van der Waals surface area contributed by atoms with Crippen LogP contribution in [0, 0.1) is 17.6 Å². The highest BCUT2D eigenvalue weighted by Crippen LogP contribution is 2.10. The van der Waals surface area contributed by atoms with Gasteiger partial charge in [-0.3, -0.25) is 4.79 Å². The van der Waals surface area contributed by atoms with Gasteiger partial charge in [-0.1, -0.05) is 26.0 Å². The van der Waals surface area contributed by atoms with Crippen molar-refractivity contribution >= 4 is 5.91 Å². The van der Waals surface area contributed by atoms with E-state index in [1.54, 1.807) is 0 Å². The fourth-order valence-corrected chi connectivity index (χ4v) is 1.52. The zero-order chi connectivity index (χ0) is 14.3. The van der Waals surface area contributed by atoms with Crippen LogP contribution in [0.15, 0.2) is 18.2 Å². The molecule has 1 rings (SSSR count). The Bertz CT molecular complexity index is 422. The van der Waals surface area contributed by atoms with E-state index < -0.39 is 11.6 Å². The molecule has 2 N–H and O–H groups in total. The first-order valence-electron chi connectivity index (χ1n) is 6.41. The Hall–Kier alpha value is -1.49. The van der Waals surface area contributed by atoms with Crippen LogP contribution < -0.4 is 10.6 Å². The molecule has 0 spiro atoms. The molecule has 5 heteroatoms. The number of nitrogens with one attached hydrogen (secondary N) is 2. The molecule has 106 valence electrons. The van der Waals surface area contributed by atoms with Gasteiger partial charge in [-0.2, -0.15) is 0 Å². The third-order valence-corrected chi connectivity index (χ3v) is 2.58. The lowest BCUT2D eigenvalue weighted by atomic mass is 10.2. The van der Waals surface area contributed by atoms with Crippen molar-refractivity contribution in [1.29, 1.82) is 0 Å². The monoisotopic (exact) mass is 270 g/mol. The van der Waals surface area contributed by atoms with Crippen molar-refractivity contribution in [2.45, 2.75) is 26.8 Å². The van der Waals surface area contributed by atoms with E-state index in [2.05, 4.69) is 10.6 Å². The molecule has 0 bridgehead atoms. The first-order valence-corrected chi connectivity index (χ1v) is 6.41. The second kappa shape index (κ2) is 7.84. The number of halogens is 2. The van der Waals surface area contributed by atoms with E-state index in [0.717, 1.165) is 6.07 Å². The minimum Gasteiger partial charge on any atom is -0.356 e. The molecule has 3 nitrogen and oxygen atoms in total. The van der Waals surface area contributed by atoms with Gasteiger partial charge in [0.1, 0.15) is 0 Å². The highest BCUT2D eigenvalue weighted by atomic mass is 19.2. The van der Waals surface area contributed by atoms with Crippen LogP contribution in [0.25, 0.3) is 0 Å². The Kier molecular flexibility index (Phi) is 6.42. The van der Waals surface area contributed by atoms with E-state index in [9.17, 15) is 13.6 Å². The molecule has 1 aromatic rings. The summed E-state index contributed by atoms with van der Waals surface area (Å²) in [5, 5.41) is 5.71. The molecule has 0 aliphatic heterocycles. The van der Waals surface area contributed by atoms with Crippen LogP contribution in [0.1, 0.15) is 25.8 Å². The number of benzene rings is 1. The third kappa shape index (κ3) is 5.79. The van der Waals surface area contributed by atoms with Crippen molar-refractivity contribution in [1.82, 2.24) is 10.6 Å². The predicted molar refractivity (Wildman–Crippen MR) is 70.5 cm³/mol. The van der Waals surface area contributed by atoms with E-state index in [1.807, 2.05) is 13.8 Å². The lowest BCUT2D eigenvalue weighted by Crippen LogP contribution is -2.30. The molecule has 0 unspecified atom stereocenters. The molecule has 0 atom stereocenters. The normalized spacial score (nSPS) is 10.8. The maximum Gasteiger partial charge on any atom is 0.221 e. The number of carbonyl (C=O) groups excluding carboxylic acids is 1. The zero-order valence-corrected chi connectivity index (χ0v) is 11.3. The van der Waals surface area contributed by atoms with E-state index >= 15 is 0 Å². The van der Waals surface area contributed by atoms with Crippen LogP contribution >= 0.6 is 0 Å². The molecular formula is C14H20F2N2O. The van der Waals surface area contributed by atoms with Crippen molar-refractivity contribution in [3.63, 3.8) is 0 Å². The average molecular weight is 270 g/mol. The molecule has 0 aliphatic rings. The maximum absolute atomic E-state index is 13.3. The van der Waals surface area contributed by atoms with E-state index in [4.69, 9.17) is 0 Å².